The lowest BCUT2D eigenvalue weighted by Gasteiger charge is -2.21. The monoisotopic (exact) mass is 445 g/mol. The minimum absolute atomic E-state index is 0.213. The van der Waals surface area contributed by atoms with E-state index < -0.39 is 0 Å². The SMILES string of the molecule is CN(C)c1ccc2c(-c3ccccc3CSC(C)(C)C)c3ccc(=[N+](C)C)cc-3oc2c1. The van der Waals surface area contributed by atoms with Crippen LogP contribution in [0, 0.1) is 0 Å². The van der Waals surface area contributed by atoms with Crippen molar-refractivity contribution in [2.75, 3.05) is 33.1 Å². The van der Waals surface area contributed by atoms with Gasteiger partial charge >= 0.3 is 0 Å². The molecule has 0 unspecified atom stereocenters. The highest BCUT2D eigenvalue weighted by atomic mass is 32.2. The third-order valence-corrected chi connectivity index (χ3v) is 6.99. The number of benzene rings is 3. The third-order valence-electron chi connectivity index (χ3n) is 5.67. The van der Waals surface area contributed by atoms with Crippen LogP contribution in [0.4, 0.5) is 5.69 Å². The molecule has 0 N–H and O–H groups in total. The highest BCUT2D eigenvalue weighted by molar-refractivity contribution is 7.99. The van der Waals surface area contributed by atoms with E-state index in [1.807, 2.05) is 11.8 Å². The topological polar surface area (TPSA) is 19.4 Å². The van der Waals surface area contributed by atoms with Gasteiger partial charge in [-0.25, -0.2) is 4.58 Å². The molecule has 0 saturated heterocycles. The van der Waals surface area contributed by atoms with Gasteiger partial charge in [-0.1, -0.05) is 45.0 Å². The van der Waals surface area contributed by atoms with Gasteiger partial charge in [-0.05, 0) is 29.3 Å². The zero-order chi connectivity index (χ0) is 23.0. The Hall–Kier alpha value is -2.72. The van der Waals surface area contributed by atoms with Gasteiger partial charge in [0, 0.05) is 58.9 Å². The van der Waals surface area contributed by atoms with Crippen molar-refractivity contribution in [3.63, 3.8) is 0 Å². The molecule has 0 bridgehead atoms. The second kappa shape index (κ2) is 8.67. The van der Waals surface area contributed by atoms with Crippen LogP contribution in [0.15, 0.2) is 65.1 Å². The van der Waals surface area contributed by atoms with Crippen LogP contribution in [-0.4, -0.2) is 32.9 Å². The summed E-state index contributed by atoms with van der Waals surface area (Å²) in [5, 5.41) is 2.28. The quantitative estimate of drug-likeness (QED) is 0.270. The van der Waals surface area contributed by atoms with Gasteiger partial charge in [0.15, 0.2) is 0 Å². The first-order chi connectivity index (χ1) is 15.1. The minimum atomic E-state index is 0.213. The van der Waals surface area contributed by atoms with Gasteiger partial charge in [-0.3, -0.25) is 0 Å². The normalized spacial score (nSPS) is 11.8. The van der Waals surface area contributed by atoms with Gasteiger partial charge < -0.3 is 9.32 Å². The van der Waals surface area contributed by atoms with Crippen LogP contribution in [0.3, 0.4) is 0 Å². The number of fused-ring (bicyclic) bond motifs is 2. The van der Waals surface area contributed by atoms with E-state index in [1.165, 1.54) is 16.7 Å². The standard InChI is InChI=1S/C28H33N2OS/c1-28(2,3)32-18-19-10-8-9-11-22(19)27-23-14-12-20(29(4)5)16-25(23)31-26-17-21(30(6)7)13-15-24(26)27/h8-17H,18H2,1-7H3/q+1. The fourth-order valence-electron chi connectivity index (χ4n) is 3.90. The van der Waals surface area contributed by atoms with E-state index in [0.29, 0.717) is 0 Å². The van der Waals surface area contributed by atoms with E-state index in [9.17, 15) is 0 Å². The average molecular weight is 446 g/mol. The molecular formula is C28H33N2OS+. The first kappa shape index (κ1) is 22.5. The summed E-state index contributed by atoms with van der Waals surface area (Å²) in [7, 11) is 8.25. The predicted molar refractivity (Wildman–Crippen MR) is 141 cm³/mol. The van der Waals surface area contributed by atoms with E-state index in [-0.39, 0.29) is 4.75 Å². The number of hydrogen-bond acceptors (Lipinski definition) is 3. The van der Waals surface area contributed by atoms with Crippen molar-refractivity contribution < 1.29 is 4.42 Å². The molecule has 2 aromatic carbocycles. The van der Waals surface area contributed by atoms with Crippen LogP contribution < -0.4 is 14.8 Å². The van der Waals surface area contributed by atoms with Crippen molar-refractivity contribution >= 4 is 28.4 Å². The Balaban J connectivity index is 2.05. The number of thioether (sulfide) groups is 1. The smallest absolute Gasteiger partial charge is 0.203 e. The molecule has 2 aliphatic rings. The maximum atomic E-state index is 6.49. The molecule has 0 spiro atoms. The lowest BCUT2D eigenvalue weighted by molar-refractivity contribution is 0.617. The number of nitrogens with zero attached hydrogens (tertiary/aromatic N) is 2. The van der Waals surface area contributed by atoms with Gasteiger partial charge in [0.05, 0.1) is 6.07 Å². The van der Waals surface area contributed by atoms with Crippen LogP contribution >= 0.6 is 11.8 Å². The van der Waals surface area contributed by atoms with Crippen LogP contribution in [-0.2, 0) is 5.75 Å². The molecule has 4 rings (SSSR count). The van der Waals surface area contributed by atoms with Gasteiger partial charge in [0.25, 0.3) is 0 Å². The maximum Gasteiger partial charge on any atom is 0.203 e. The largest absolute Gasteiger partial charge is 0.456 e. The highest BCUT2D eigenvalue weighted by Gasteiger charge is 2.21. The molecule has 0 aromatic heterocycles. The Kier molecular flexibility index (Phi) is 6.09. The minimum Gasteiger partial charge on any atom is -0.456 e. The predicted octanol–water partition coefficient (Wildman–Crippen LogP) is 6.33. The molecule has 0 radical (unpaired) electrons. The highest BCUT2D eigenvalue weighted by Crippen LogP contribution is 2.43. The molecule has 2 aromatic rings. The Labute approximate surface area is 195 Å². The first-order valence-corrected chi connectivity index (χ1v) is 12.0. The molecule has 0 atom stereocenters. The molecular weight excluding hydrogens is 412 g/mol. The second-order valence-corrected chi connectivity index (χ2v) is 11.5. The second-order valence-electron chi connectivity index (χ2n) is 9.69. The summed E-state index contributed by atoms with van der Waals surface area (Å²) in [6.07, 6.45) is 0. The third kappa shape index (κ3) is 4.56. The Bertz CT molecular complexity index is 1310. The van der Waals surface area contributed by atoms with Crippen LogP contribution in [0.1, 0.15) is 26.3 Å². The van der Waals surface area contributed by atoms with Crippen molar-refractivity contribution in [1.82, 2.24) is 4.58 Å². The lowest BCUT2D eigenvalue weighted by Crippen LogP contribution is -2.21. The van der Waals surface area contributed by atoms with Crippen LogP contribution in [0.5, 0.6) is 0 Å². The zero-order valence-electron chi connectivity index (χ0n) is 20.2. The summed E-state index contributed by atoms with van der Waals surface area (Å²) >= 11 is 1.98. The fraction of sp³-hybridized carbons (Fsp3) is 0.321. The van der Waals surface area contributed by atoms with Gasteiger partial charge in [0.2, 0.25) is 5.36 Å². The molecule has 4 heteroatoms. The molecule has 32 heavy (non-hydrogen) atoms. The van der Waals surface area contributed by atoms with Crippen LogP contribution in [0.25, 0.3) is 33.4 Å². The molecule has 1 aliphatic carbocycles. The van der Waals surface area contributed by atoms with Crippen molar-refractivity contribution in [3.8, 4) is 22.5 Å². The van der Waals surface area contributed by atoms with E-state index in [2.05, 4.69) is 119 Å². The molecule has 3 nitrogen and oxygen atoms in total. The average Bonchev–Trinajstić information content (AvgIpc) is 2.74. The summed E-state index contributed by atoms with van der Waals surface area (Å²) in [5.74, 6) is 1.88. The first-order valence-electron chi connectivity index (χ1n) is 11.0. The lowest BCUT2D eigenvalue weighted by atomic mass is 9.91. The zero-order valence-corrected chi connectivity index (χ0v) is 21.0. The Morgan fingerprint density at radius 3 is 2.34 bits per heavy atom. The summed E-state index contributed by atoms with van der Waals surface area (Å²) in [5.41, 5.74) is 7.08. The number of rotatable bonds is 4. The Morgan fingerprint density at radius 1 is 0.906 bits per heavy atom. The van der Waals surface area contributed by atoms with Crippen LogP contribution in [0.2, 0.25) is 0 Å². The molecule has 0 fully saturated rings. The molecule has 0 saturated carbocycles. The number of hydrogen-bond donors (Lipinski definition) is 0. The summed E-state index contributed by atoms with van der Waals surface area (Å²) in [4.78, 5) is 2.11. The summed E-state index contributed by atoms with van der Waals surface area (Å²) in [6, 6.07) is 21.9. The summed E-state index contributed by atoms with van der Waals surface area (Å²) in [6.45, 7) is 6.83. The van der Waals surface area contributed by atoms with E-state index >= 15 is 0 Å². The van der Waals surface area contributed by atoms with Gasteiger partial charge in [-0.2, -0.15) is 11.8 Å². The van der Waals surface area contributed by atoms with Crippen molar-refractivity contribution in [2.45, 2.75) is 31.3 Å². The van der Waals surface area contributed by atoms with Crippen molar-refractivity contribution in [1.29, 1.82) is 0 Å². The van der Waals surface area contributed by atoms with Gasteiger partial charge in [0.1, 0.15) is 25.4 Å². The molecule has 1 aliphatic heterocycles. The molecule has 1 heterocycles. The van der Waals surface area contributed by atoms with E-state index in [4.69, 9.17) is 4.42 Å². The number of anilines is 1. The van der Waals surface area contributed by atoms with Crippen molar-refractivity contribution in [3.05, 3.63) is 71.6 Å². The van der Waals surface area contributed by atoms with E-state index in [1.54, 1.807) is 0 Å². The van der Waals surface area contributed by atoms with Gasteiger partial charge in [-0.15, -0.1) is 0 Å². The fourth-order valence-corrected chi connectivity index (χ4v) is 4.74. The molecule has 0 amide bonds. The van der Waals surface area contributed by atoms with Crippen molar-refractivity contribution in [2.24, 2.45) is 0 Å². The Morgan fingerprint density at radius 2 is 1.66 bits per heavy atom. The summed E-state index contributed by atoms with van der Waals surface area (Å²) < 4.78 is 8.81. The maximum absolute atomic E-state index is 6.49. The van der Waals surface area contributed by atoms with E-state index in [0.717, 1.165) is 39.1 Å². The molecule has 166 valence electrons.